The van der Waals surface area contributed by atoms with Crippen molar-refractivity contribution in [2.45, 2.75) is 38.9 Å². The Hall–Kier alpha value is -1.27. The number of ether oxygens (including phenoxy) is 1. The number of aliphatic hydroxyl groups excluding tert-OH is 1. The van der Waals surface area contributed by atoms with Crippen molar-refractivity contribution in [3.63, 3.8) is 0 Å². The smallest absolute Gasteiger partial charge is 0.339 e. The van der Waals surface area contributed by atoms with E-state index in [-0.39, 0.29) is 0 Å². The lowest BCUT2D eigenvalue weighted by atomic mass is 10.0. The van der Waals surface area contributed by atoms with Crippen molar-refractivity contribution in [1.29, 1.82) is 0 Å². The van der Waals surface area contributed by atoms with Crippen molar-refractivity contribution < 1.29 is 23.8 Å². The van der Waals surface area contributed by atoms with Gasteiger partial charge in [0.15, 0.2) is 0 Å². The monoisotopic (exact) mass is 330 g/mol. The number of halogens is 1. The Morgan fingerprint density at radius 3 is 2.68 bits per heavy atom. The van der Waals surface area contributed by atoms with Crippen LogP contribution in [0.4, 0.5) is 0 Å². The zero-order chi connectivity index (χ0) is 14.2. The van der Waals surface area contributed by atoms with Crippen LogP contribution in [0.3, 0.4) is 0 Å². The molecule has 0 saturated carbocycles. The van der Waals surface area contributed by atoms with Gasteiger partial charge in [-0.1, -0.05) is 0 Å². The third-order valence-electron chi connectivity index (χ3n) is 2.65. The number of fused-ring (bicyclic) bond motifs is 1. The standard InChI is InChI=1S/C13H15BrO5/c1-7(15)6-13(2,3)17-12(16)8-4-5-9-11(10(8)14)19-18-9/h4-5,7,15H,6H2,1-3H3. The van der Waals surface area contributed by atoms with Crippen LogP contribution >= 0.6 is 15.9 Å². The highest BCUT2D eigenvalue weighted by molar-refractivity contribution is 9.10. The average molecular weight is 331 g/mol. The summed E-state index contributed by atoms with van der Waals surface area (Å²) in [6.07, 6.45) is -0.180. The zero-order valence-electron chi connectivity index (χ0n) is 10.9. The number of hydrogen-bond donors (Lipinski definition) is 1. The molecule has 0 aliphatic heterocycles. The third kappa shape index (κ3) is 3.01. The molecule has 0 fully saturated rings. The van der Waals surface area contributed by atoms with Gasteiger partial charge < -0.3 is 9.84 Å². The summed E-state index contributed by atoms with van der Waals surface area (Å²) in [5.74, 6) is -0.476. The minimum atomic E-state index is -0.745. The molecule has 19 heavy (non-hydrogen) atoms. The second-order valence-electron chi connectivity index (χ2n) is 5.12. The summed E-state index contributed by atoms with van der Waals surface area (Å²) in [4.78, 5) is 12.1. The van der Waals surface area contributed by atoms with Crippen molar-refractivity contribution >= 4 is 33.1 Å². The van der Waals surface area contributed by atoms with Gasteiger partial charge in [-0.25, -0.2) is 4.79 Å². The lowest BCUT2D eigenvalue weighted by molar-refractivity contribution is -0.0211. The Morgan fingerprint density at radius 1 is 1.47 bits per heavy atom. The first-order valence-electron chi connectivity index (χ1n) is 5.88. The molecule has 2 rings (SSSR count). The Labute approximate surface area is 118 Å². The SMILES string of the molecule is CC(O)CC(C)(C)OC(=O)c1ccc2ooc2c1Br. The zero-order valence-corrected chi connectivity index (χ0v) is 12.5. The normalized spacial score (nSPS) is 13.7. The Morgan fingerprint density at radius 2 is 2.16 bits per heavy atom. The van der Waals surface area contributed by atoms with Gasteiger partial charge >= 0.3 is 5.97 Å². The van der Waals surface area contributed by atoms with Gasteiger partial charge in [0.2, 0.25) is 11.2 Å². The van der Waals surface area contributed by atoms with Gasteiger partial charge in [0.25, 0.3) is 0 Å². The fraction of sp³-hybridized carbons (Fsp3) is 0.462. The summed E-state index contributed by atoms with van der Waals surface area (Å²) in [6, 6.07) is 3.24. The molecule has 0 spiro atoms. The number of carbonyl (C=O) groups is 1. The molecule has 0 amide bonds. The topological polar surface area (TPSA) is 72.8 Å². The highest BCUT2D eigenvalue weighted by Gasteiger charge is 2.28. The minimum absolute atomic E-state index is 0.362. The Kier molecular flexibility index (Phi) is 3.73. The van der Waals surface area contributed by atoms with Crippen molar-refractivity contribution in [3.8, 4) is 0 Å². The van der Waals surface area contributed by atoms with E-state index in [2.05, 4.69) is 15.9 Å². The molecule has 0 aliphatic carbocycles. The van der Waals surface area contributed by atoms with Gasteiger partial charge in [0.1, 0.15) is 5.60 Å². The van der Waals surface area contributed by atoms with E-state index in [1.165, 1.54) is 0 Å². The highest BCUT2D eigenvalue weighted by atomic mass is 79.9. The van der Waals surface area contributed by atoms with E-state index in [0.717, 1.165) is 0 Å². The number of rotatable bonds is 4. The second-order valence-corrected chi connectivity index (χ2v) is 5.92. The molecule has 0 radical (unpaired) electrons. The van der Waals surface area contributed by atoms with Crippen LogP contribution in [0.15, 0.2) is 25.8 Å². The minimum Gasteiger partial charge on any atom is -0.456 e. The maximum Gasteiger partial charge on any atom is 0.339 e. The molecule has 1 unspecified atom stereocenters. The van der Waals surface area contributed by atoms with Crippen LogP contribution in [0, 0.1) is 0 Å². The Bertz CT molecular complexity index is 593. The fourth-order valence-electron chi connectivity index (χ4n) is 1.95. The van der Waals surface area contributed by atoms with Gasteiger partial charge in [-0.15, -0.1) is 0 Å². The summed E-state index contributed by atoms with van der Waals surface area (Å²) in [5, 5.41) is 9.38. The van der Waals surface area contributed by atoms with E-state index >= 15 is 0 Å². The quantitative estimate of drug-likeness (QED) is 0.686. The van der Waals surface area contributed by atoms with E-state index in [1.807, 2.05) is 0 Å². The lowest BCUT2D eigenvalue weighted by Gasteiger charge is -2.26. The van der Waals surface area contributed by atoms with Crippen LogP contribution in [0.1, 0.15) is 37.6 Å². The van der Waals surface area contributed by atoms with E-state index in [4.69, 9.17) is 13.9 Å². The molecule has 1 aromatic heterocycles. The first kappa shape index (κ1) is 14.1. The maximum atomic E-state index is 12.1. The van der Waals surface area contributed by atoms with Gasteiger partial charge in [-0.3, -0.25) is 9.15 Å². The highest BCUT2D eigenvalue weighted by Crippen LogP contribution is 2.32. The molecule has 1 aromatic carbocycles. The van der Waals surface area contributed by atoms with E-state index in [0.29, 0.717) is 27.6 Å². The molecule has 6 heteroatoms. The van der Waals surface area contributed by atoms with E-state index in [9.17, 15) is 9.90 Å². The van der Waals surface area contributed by atoms with Crippen LogP contribution in [-0.2, 0) is 4.74 Å². The first-order valence-corrected chi connectivity index (χ1v) is 6.68. The number of esters is 1. The second kappa shape index (κ2) is 5.02. The van der Waals surface area contributed by atoms with Gasteiger partial charge in [-0.05, 0) is 48.8 Å². The van der Waals surface area contributed by atoms with Crippen LogP contribution in [0.5, 0.6) is 0 Å². The first-order chi connectivity index (χ1) is 8.80. The van der Waals surface area contributed by atoms with Crippen LogP contribution in [-0.4, -0.2) is 22.8 Å². The van der Waals surface area contributed by atoms with E-state index in [1.54, 1.807) is 32.9 Å². The van der Waals surface area contributed by atoms with E-state index < -0.39 is 17.7 Å². The summed E-state index contributed by atoms with van der Waals surface area (Å²) >= 11 is 3.29. The molecule has 2 aromatic rings. The molecule has 1 N–H and O–H groups in total. The Balaban J connectivity index is 2.18. The molecule has 5 nitrogen and oxygen atoms in total. The third-order valence-corrected chi connectivity index (χ3v) is 3.44. The van der Waals surface area contributed by atoms with Crippen LogP contribution < -0.4 is 0 Å². The maximum absolute atomic E-state index is 12.1. The van der Waals surface area contributed by atoms with Crippen molar-refractivity contribution in [1.82, 2.24) is 0 Å². The molecule has 0 saturated heterocycles. The molecule has 0 bridgehead atoms. The van der Waals surface area contributed by atoms with Crippen LogP contribution in [0.25, 0.3) is 11.2 Å². The lowest BCUT2D eigenvalue weighted by Crippen LogP contribution is -2.31. The van der Waals surface area contributed by atoms with Crippen molar-refractivity contribution in [2.75, 3.05) is 0 Å². The largest absolute Gasteiger partial charge is 0.456 e. The molecular formula is C13H15BrO5. The summed E-state index contributed by atoms with van der Waals surface area (Å²) in [7, 11) is 0. The van der Waals surface area contributed by atoms with Gasteiger partial charge in [-0.2, -0.15) is 0 Å². The number of hydrogen-bond acceptors (Lipinski definition) is 5. The van der Waals surface area contributed by atoms with Crippen molar-refractivity contribution in [3.05, 3.63) is 22.2 Å². The van der Waals surface area contributed by atoms with Crippen LogP contribution in [0.2, 0.25) is 0 Å². The molecular weight excluding hydrogens is 316 g/mol. The summed E-state index contributed by atoms with van der Waals surface area (Å²) < 4.78 is 15.4. The van der Waals surface area contributed by atoms with Crippen molar-refractivity contribution in [2.24, 2.45) is 0 Å². The predicted molar refractivity (Wildman–Crippen MR) is 72.0 cm³/mol. The molecule has 0 aliphatic rings. The van der Waals surface area contributed by atoms with Gasteiger partial charge in [0.05, 0.1) is 16.1 Å². The number of aliphatic hydroxyl groups is 1. The fourth-order valence-corrected chi connectivity index (χ4v) is 2.51. The predicted octanol–water partition coefficient (Wildman–Crippen LogP) is 3.49. The number of benzene rings is 1. The summed E-state index contributed by atoms with van der Waals surface area (Å²) in [5.41, 5.74) is 0.681. The van der Waals surface area contributed by atoms with Gasteiger partial charge in [0, 0.05) is 6.42 Å². The average Bonchev–Trinajstić information content (AvgIpc) is 2.17. The molecule has 1 atom stereocenters. The summed E-state index contributed by atoms with van der Waals surface area (Å²) in [6.45, 7) is 5.17. The molecule has 104 valence electrons. The number of carbonyl (C=O) groups excluding carboxylic acids is 1. The molecule has 1 heterocycles.